The number of nitrogens with zero attached hydrogens (tertiary/aromatic N) is 1. The first-order valence-electron chi connectivity index (χ1n) is 8.76. The molecule has 2 atom stereocenters. The maximum atomic E-state index is 12.5. The van der Waals surface area contributed by atoms with E-state index in [4.69, 9.17) is 26.8 Å². The third-order valence-corrected chi connectivity index (χ3v) is 5.08. The van der Waals surface area contributed by atoms with E-state index in [2.05, 4.69) is 22.3 Å². The second-order valence-corrected chi connectivity index (χ2v) is 7.02. The van der Waals surface area contributed by atoms with Crippen molar-refractivity contribution < 1.29 is 14.3 Å². The van der Waals surface area contributed by atoms with Crippen LogP contribution in [0.4, 0.5) is 5.69 Å². The van der Waals surface area contributed by atoms with Gasteiger partial charge >= 0.3 is 0 Å². The van der Waals surface area contributed by atoms with Gasteiger partial charge in [-0.1, -0.05) is 41.9 Å². The molecule has 6 nitrogen and oxygen atoms in total. The lowest BCUT2D eigenvalue weighted by molar-refractivity contribution is -0.117. The molecule has 0 bridgehead atoms. The van der Waals surface area contributed by atoms with Crippen molar-refractivity contribution in [1.29, 1.82) is 0 Å². The summed E-state index contributed by atoms with van der Waals surface area (Å²) in [5, 5.41) is 3.29. The number of hydrogen-bond acceptors (Lipinski definition) is 5. The summed E-state index contributed by atoms with van der Waals surface area (Å²) in [7, 11) is 3.05. The second-order valence-electron chi connectivity index (χ2n) is 6.61. The molecule has 3 N–H and O–H groups in total. The van der Waals surface area contributed by atoms with Crippen molar-refractivity contribution in [3.63, 3.8) is 0 Å². The first kappa shape index (κ1) is 22.3. The van der Waals surface area contributed by atoms with Crippen LogP contribution in [0.5, 0.6) is 11.5 Å². The van der Waals surface area contributed by atoms with E-state index in [-0.39, 0.29) is 36.8 Å². The number of benzene rings is 2. The van der Waals surface area contributed by atoms with Crippen molar-refractivity contribution in [2.45, 2.75) is 12.0 Å². The predicted octanol–water partition coefficient (Wildman–Crippen LogP) is 3.14. The van der Waals surface area contributed by atoms with Gasteiger partial charge in [-0.25, -0.2) is 0 Å². The summed E-state index contributed by atoms with van der Waals surface area (Å²) < 4.78 is 10.5. The number of nitrogens with two attached hydrogens (primary N) is 1. The van der Waals surface area contributed by atoms with Gasteiger partial charge in [0.15, 0.2) is 0 Å². The Morgan fingerprint density at radius 1 is 1.18 bits per heavy atom. The van der Waals surface area contributed by atoms with Gasteiger partial charge in [-0.15, -0.1) is 12.4 Å². The van der Waals surface area contributed by atoms with Crippen LogP contribution < -0.4 is 20.5 Å². The summed E-state index contributed by atoms with van der Waals surface area (Å²) in [5.41, 5.74) is 8.03. The van der Waals surface area contributed by atoms with E-state index in [0.29, 0.717) is 28.8 Å². The first-order valence-corrected chi connectivity index (χ1v) is 9.14. The number of rotatable bonds is 6. The average Bonchev–Trinajstić information content (AvgIpc) is 3.03. The highest BCUT2D eigenvalue weighted by molar-refractivity contribution is 6.32. The van der Waals surface area contributed by atoms with E-state index in [1.807, 2.05) is 18.2 Å². The Kier molecular flexibility index (Phi) is 7.95. The number of halogens is 2. The molecule has 1 aliphatic rings. The Bertz CT molecular complexity index is 805. The van der Waals surface area contributed by atoms with Gasteiger partial charge in [-0.05, 0) is 5.56 Å². The third-order valence-electron chi connectivity index (χ3n) is 4.78. The van der Waals surface area contributed by atoms with E-state index in [1.165, 1.54) is 19.8 Å². The van der Waals surface area contributed by atoms with Gasteiger partial charge in [0.25, 0.3) is 0 Å². The molecule has 0 radical (unpaired) electrons. The molecule has 152 valence electrons. The van der Waals surface area contributed by atoms with E-state index in [0.717, 1.165) is 6.54 Å². The highest BCUT2D eigenvalue weighted by atomic mass is 35.5. The average molecular weight is 426 g/mol. The van der Waals surface area contributed by atoms with Gasteiger partial charge in [-0.2, -0.15) is 0 Å². The molecule has 0 spiro atoms. The van der Waals surface area contributed by atoms with Crippen LogP contribution in [0.2, 0.25) is 5.02 Å². The van der Waals surface area contributed by atoms with E-state index >= 15 is 0 Å². The van der Waals surface area contributed by atoms with Gasteiger partial charge in [0, 0.05) is 37.2 Å². The summed E-state index contributed by atoms with van der Waals surface area (Å²) in [4.78, 5) is 14.6. The fourth-order valence-corrected chi connectivity index (χ4v) is 3.68. The minimum Gasteiger partial charge on any atom is -0.495 e. The number of likely N-dealkylation sites (tertiary alicyclic amines) is 1. The number of nitrogens with one attached hydrogen (secondary N) is 1. The van der Waals surface area contributed by atoms with Crippen molar-refractivity contribution >= 4 is 35.6 Å². The molecular formula is C20H25Cl2N3O3. The standard InChI is InChI=1S/C20H24ClN3O3.ClH/c1-26-18-9-17(19(27-2)8-15(18)21)23-20(25)12-24-10-14(16(22)11-24)13-6-4-3-5-7-13;/h3-9,14,16H,10-12,22H2,1-2H3,(H,23,25);1H/t14-,16+;/m0./s1. The second kappa shape index (κ2) is 9.98. The van der Waals surface area contributed by atoms with Crippen molar-refractivity contribution in [2.24, 2.45) is 5.73 Å². The van der Waals surface area contributed by atoms with Crippen molar-refractivity contribution in [3.8, 4) is 11.5 Å². The Morgan fingerprint density at radius 3 is 2.50 bits per heavy atom. The Morgan fingerprint density at radius 2 is 1.86 bits per heavy atom. The molecule has 2 aromatic carbocycles. The minimum absolute atomic E-state index is 0. The lowest BCUT2D eigenvalue weighted by Gasteiger charge is -2.17. The molecular weight excluding hydrogens is 401 g/mol. The molecule has 1 saturated heterocycles. The number of carbonyl (C=O) groups excluding carboxylic acids is 1. The molecule has 0 aromatic heterocycles. The number of methoxy groups -OCH3 is 2. The van der Waals surface area contributed by atoms with Crippen LogP contribution in [0, 0.1) is 0 Å². The lowest BCUT2D eigenvalue weighted by Crippen LogP contribution is -2.33. The highest BCUT2D eigenvalue weighted by Gasteiger charge is 2.32. The van der Waals surface area contributed by atoms with Crippen molar-refractivity contribution in [2.75, 3.05) is 39.2 Å². The van der Waals surface area contributed by atoms with Gasteiger partial charge in [-0.3, -0.25) is 9.69 Å². The van der Waals surface area contributed by atoms with Crippen LogP contribution in [0.1, 0.15) is 11.5 Å². The fraction of sp³-hybridized carbons (Fsp3) is 0.350. The molecule has 8 heteroatoms. The quantitative estimate of drug-likeness (QED) is 0.742. The van der Waals surface area contributed by atoms with Crippen molar-refractivity contribution in [1.82, 2.24) is 4.90 Å². The number of amides is 1. The Hall–Kier alpha value is -1.99. The topological polar surface area (TPSA) is 76.8 Å². The number of carbonyl (C=O) groups is 1. The summed E-state index contributed by atoms with van der Waals surface area (Å²) >= 11 is 6.10. The zero-order valence-electron chi connectivity index (χ0n) is 15.9. The zero-order chi connectivity index (χ0) is 19.4. The molecule has 3 rings (SSSR count). The predicted molar refractivity (Wildman–Crippen MR) is 114 cm³/mol. The van der Waals surface area contributed by atoms with Gasteiger partial charge in [0.1, 0.15) is 11.5 Å². The summed E-state index contributed by atoms with van der Waals surface area (Å²) in [6.07, 6.45) is 0. The van der Waals surface area contributed by atoms with Crippen LogP contribution in [0.25, 0.3) is 0 Å². The largest absolute Gasteiger partial charge is 0.495 e. The van der Waals surface area contributed by atoms with Crippen LogP contribution in [-0.4, -0.2) is 50.7 Å². The third kappa shape index (κ3) is 5.08. The van der Waals surface area contributed by atoms with Gasteiger partial charge < -0.3 is 20.5 Å². The monoisotopic (exact) mass is 425 g/mol. The molecule has 0 unspecified atom stereocenters. The van der Waals surface area contributed by atoms with Crippen LogP contribution in [0.15, 0.2) is 42.5 Å². The summed E-state index contributed by atoms with van der Waals surface area (Å²) in [5.74, 6) is 1.04. The van der Waals surface area contributed by atoms with Crippen LogP contribution in [-0.2, 0) is 4.79 Å². The molecule has 0 saturated carbocycles. The number of anilines is 1. The lowest BCUT2D eigenvalue weighted by atomic mass is 9.95. The maximum absolute atomic E-state index is 12.5. The molecule has 1 aliphatic heterocycles. The number of hydrogen-bond donors (Lipinski definition) is 2. The summed E-state index contributed by atoms with van der Waals surface area (Å²) in [6.45, 7) is 1.68. The minimum atomic E-state index is -0.140. The maximum Gasteiger partial charge on any atom is 0.238 e. The van der Waals surface area contributed by atoms with Crippen molar-refractivity contribution in [3.05, 3.63) is 53.1 Å². The molecule has 0 aliphatic carbocycles. The smallest absolute Gasteiger partial charge is 0.238 e. The number of ether oxygens (including phenoxy) is 2. The molecule has 28 heavy (non-hydrogen) atoms. The Balaban J connectivity index is 0.00000280. The van der Waals surface area contributed by atoms with Gasteiger partial charge in [0.2, 0.25) is 5.91 Å². The Labute approximate surface area is 176 Å². The fourth-order valence-electron chi connectivity index (χ4n) is 3.45. The molecule has 2 aromatic rings. The normalized spacial score (nSPS) is 19.0. The first-order chi connectivity index (χ1) is 13.0. The van der Waals surface area contributed by atoms with E-state index in [9.17, 15) is 4.79 Å². The SMILES string of the molecule is COc1cc(NC(=O)CN2C[C@@H](N)[C@H](c3ccccc3)C2)c(OC)cc1Cl.Cl. The highest BCUT2D eigenvalue weighted by Crippen LogP contribution is 2.36. The van der Waals surface area contributed by atoms with Crippen LogP contribution in [0.3, 0.4) is 0 Å². The van der Waals surface area contributed by atoms with E-state index < -0.39 is 0 Å². The van der Waals surface area contributed by atoms with Crippen LogP contribution >= 0.6 is 24.0 Å². The molecule has 1 heterocycles. The molecule has 1 fully saturated rings. The van der Waals surface area contributed by atoms with Gasteiger partial charge in [0.05, 0.1) is 31.5 Å². The van der Waals surface area contributed by atoms with E-state index in [1.54, 1.807) is 12.1 Å². The zero-order valence-corrected chi connectivity index (χ0v) is 17.4. The summed E-state index contributed by atoms with van der Waals surface area (Å²) in [6, 6.07) is 13.5. The molecule has 1 amide bonds.